The number of hydrogen-bond donors (Lipinski definition) is 5. The van der Waals surface area contributed by atoms with Gasteiger partial charge in [-0.05, 0) is 6.92 Å². The number of hydrogen-bond acceptors (Lipinski definition) is 9. The molecule has 1 aliphatic heterocycles. The first kappa shape index (κ1) is 15.2. The molecule has 0 spiro atoms. The summed E-state index contributed by atoms with van der Waals surface area (Å²) in [5.41, 5.74) is 15.0. The molecule has 0 aromatic carbocycles. The fourth-order valence-electron chi connectivity index (χ4n) is 2.46. The highest BCUT2D eigenvalue weighted by molar-refractivity contribution is 5.93. The molecule has 0 bridgehead atoms. The van der Waals surface area contributed by atoms with Crippen LogP contribution in [0.15, 0.2) is 11.2 Å². The molecule has 0 saturated carbocycles. The van der Waals surface area contributed by atoms with Crippen molar-refractivity contribution in [3.8, 4) is 0 Å². The minimum atomic E-state index is -0.444. The first-order valence-corrected chi connectivity index (χ1v) is 7.18. The molecule has 2 atom stereocenters. The van der Waals surface area contributed by atoms with E-state index < -0.39 is 12.3 Å². The Morgan fingerprint density at radius 1 is 1.61 bits per heavy atom. The zero-order valence-electron chi connectivity index (χ0n) is 12.9. The van der Waals surface area contributed by atoms with Gasteiger partial charge in [0.15, 0.2) is 11.8 Å². The average Bonchev–Trinajstić information content (AvgIpc) is 3.10. The Labute approximate surface area is 131 Å². The molecule has 0 fully saturated rings. The van der Waals surface area contributed by atoms with Crippen LogP contribution in [0.1, 0.15) is 6.92 Å². The van der Waals surface area contributed by atoms with Gasteiger partial charge in [-0.15, -0.1) is 0 Å². The quantitative estimate of drug-likeness (QED) is 0.332. The molecule has 2 aromatic rings. The van der Waals surface area contributed by atoms with E-state index in [-0.39, 0.29) is 5.62 Å². The number of aromatic nitrogens is 4. The Bertz CT molecular complexity index is 804. The zero-order chi connectivity index (χ0) is 16.6. The van der Waals surface area contributed by atoms with Crippen LogP contribution in [0.25, 0.3) is 11.0 Å². The highest BCUT2D eigenvalue weighted by Crippen LogP contribution is 2.23. The van der Waals surface area contributed by atoms with E-state index in [2.05, 4.69) is 25.8 Å². The summed E-state index contributed by atoms with van der Waals surface area (Å²) >= 11 is 0. The molecule has 3 rings (SSSR count). The molecule has 1 aliphatic rings. The number of fused-ring (bicyclic) bond motifs is 3. The Morgan fingerprint density at radius 3 is 3.04 bits per heavy atom. The lowest BCUT2D eigenvalue weighted by molar-refractivity contribution is 0.382. The van der Waals surface area contributed by atoms with Crippen LogP contribution in [0, 0.1) is 5.41 Å². The summed E-state index contributed by atoms with van der Waals surface area (Å²) in [6, 6.07) is 0. The Morgan fingerprint density at radius 2 is 2.39 bits per heavy atom. The predicted octanol–water partition coefficient (Wildman–Crippen LogP) is -1.68. The maximum Gasteiger partial charge on any atom is 0.244 e. The lowest BCUT2D eigenvalue weighted by Crippen LogP contribution is -2.39. The molecule has 2 aromatic heterocycles. The van der Waals surface area contributed by atoms with Crippen LogP contribution < -0.4 is 27.8 Å². The number of anilines is 1. The lowest BCUT2D eigenvalue weighted by atomic mass is 10.4. The largest absolute Gasteiger partial charge is 0.481 e. The van der Waals surface area contributed by atoms with Gasteiger partial charge in [0.1, 0.15) is 5.82 Å². The first-order valence-electron chi connectivity index (χ1n) is 7.18. The Hall–Kier alpha value is -2.66. The summed E-state index contributed by atoms with van der Waals surface area (Å²) in [5.74, 6) is 1.06. The van der Waals surface area contributed by atoms with Crippen molar-refractivity contribution in [2.45, 2.75) is 25.8 Å². The molecule has 23 heavy (non-hydrogen) atoms. The fourth-order valence-corrected chi connectivity index (χ4v) is 2.46. The van der Waals surface area contributed by atoms with Gasteiger partial charge in [-0.3, -0.25) is 10.8 Å². The molecule has 11 nitrogen and oxygen atoms in total. The second kappa shape index (κ2) is 5.85. The molecule has 2 unspecified atom stereocenters. The normalized spacial score (nSPS) is 18.4. The van der Waals surface area contributed by atoms with Crippen LogP contribution in [0.2, 0.25) is 0 Å². The average molecular weight is 320 g/mol. The summed E-state index contributed by atoms with van der Waals surface area (Å²) in [4.78, 5) is 8.49. The molecule has 0 aliphatic carbocycles. The molecule has 124 valence electrons. The second-order valence-electron chi connectivity index (χ2n) is 5.13. The van der Waals surface area contributed by atoms with E-state index in [1.54, 1.807) is 17.8 Å². The van der Waals surface area contributed by atoms with Crippen molar-refractivity contribution < 1.29 is 4.74 Å². The smallest absolute Gasteiger partial charge is 0.244 e. The van der Waals surface area contributed by atoms with Crippen LogP contribution in [-0.2, 0) is 11.3 Å². The van der Waals surface area contributed by atoms with E-state index in [0.717, 1.165) is 5.39 Å². The molecular formula is C12H20N10O. The van der Waals surface area contributed by atoms with Crippen LogP contribution in [0.5, 0.6) is 0 Å². The van der Waals surface area contributed by atoms with Crippen molar-refractivity contribution in [3.63, 3.8) is 0 Å². The Balaban J connectivity index is 2.04. The maximum absolute atomic E-state index is 8.10. The number of nitrogens with zero attached hydrogens (tertiary/aromatic N) is 5. The highest BCUT2D eigenvalue weighted by Gasteiger charge is 2.28. The summed E-state index contributed by atoms with van der Waals surface area (Å²) in [6.07, 6.45) is 0.846. The van der Waals surface area contributed by atoms with Crippen molar-refractivity contribution in [2.75, 3.05) is 24.4 Å². The first-order chi connectivity index (χ1) is 11.0. The SMILES string of the molecule is COC(=NC(C)N)C1Nc2c3cnn(CCN)c3nc(=N)n2N1. The molecule has 3 heterocycles. The van der Waals surface area contributed by atoms with Gasteiger partial charge >= 0.3 is 0 Å². The van der Waals surface area contributed by atoms with Gasteiger partial charge in [-0.2, -0.15) is 10.1 Å². The number of aliphatic imine (C=N–C) groups is 1. The molecule has 7 N–H and O–H groups in total. The van der Waals surface area contributed by atoms with Gasteiger partial charge in [0, 0.05) is 6.54 Å². The number of rotatable bonds is 4. The van der Waals surface area contributed by atoms with Gasteiger partial charge in [0.25, 0.3) is 0 Å². The van der Waals surface area contributed by atoms with E-state index in [9.17, 15) is 0 Å². The van der Waals surface area contributed by atoms with Gasteiger partial charge in [0.05, 0.1) is 31.4 Å². The molecule has 11 heteroatoms. The van der Waals surface area contributed by atoms with E-state index in [0.29, 0.717) is 30.5 Å². The van der Waals surface area contributed by atoms with Gasteiger partial charge in [-0.1, -0.05) is 0 Å². The van der Waals surface area contributed by atoms with Crippen molar-refractivity contribution in [3.05, 3.63) is 11.8 Å². The summed E-state index contributed by atoms with van der Waals surface area (Å²) < 4.78 is 8.49. The number of ether oxygens (including phenoxy) is 1. The predicted molar refractivity (Wildman–Crippen MR) is 85.3 cm³/mol. The van der Waals surface area contributed by atoms with Crippen molar-refractivity contribution in [2.24, 2.45) is 16.5 Å². The zero-order valence-corrected chi connectivity index (χ0v) is 12.9. The summed E-state index contributed by atoms with van der Waals surface area (Å²) in [7, 11) is 1.52. The Kier molecular flexibility index (Phi) is 3.88. The van der Waals surface area contributed by atoms with Crippen LogP contribution in [0.3, 0.4) is 0 Å². The van der Waals surface area contributed by atoms with Crippen LogP contribution in [-0.4, -0.2) is 51.3 Å². The number of methoxy groups -OCH3 is 1. The van der Waals surface area contributed by atoms with Crippen molar-refractivity contribution in [1.82, 2.24) is 19.4 Å². The summed E-state index contributed by atoms with van der Waals surface area (Å²) in [5, 5.41) is 16.4. The molecule has 0 saturated heterocycles. The minimum Gasteiger partial charge on any atom is -0.481 e. The third-order valence-electron chi connectivity index (χ3n) is 3.38. The molecular weight excluding hydrogens is 300 g/mol. The van der Waals surface area contributed by atoms with E-state index in [1.165, 1.54) is 11.8 Å². The van der Waals surface area contributed by atoms with E-state index in [1.807, 2.05) is 0 Å². The molecule has 0 amide bonds. The van der Waals surface area contributed by atoms with E-state index >= 15 is 0 Å². The van der Waals surface area contributed by atoms with Crippen LogP contribution in [0.4, 0.5) is 5.82 Å². The monoisotopic (exact) mass is 320 g/mol. The third-order valence-corrected chi connectivity index (χ3v) is 3.38. The number of nitrogens with two attached hydrogens (primary N) is 2. The van der Waals surface area contributed by atoms with Crippen molar-refractivity contribution in [1.29, 1.82) is 5.41 Å². The van der Waals surface area contributed by atoms with Gasteiger partial charge in [0.2, 0.25) is 11.5 Å². The standard InChI is InChI=1S/C12H20N10O/c1-6(14)17-11(23-2)8-18-10-7-5-16-21(4-3-13)9(7)19-12(15)22(10)20-8/h5-6,8,15,18,20H,3-4,13-14H2,1-2H3. The van der Waals surface area contributed by atoms with Gasteiger partial charge in [-0.25, -0.2) is 14.4 Å². The third kappa shape index (κ3) is 2.59. The lowest BCUT2D eigenvalue weighted by Gasteiger charge is -2.14. The number of nitrogens with one attached hydrogen (secondary N) is 3. The van der Waals surface area contributed by atoms with Crippen molar-refractivity contribution >= 4 is 22.7 Å². The topological polar surface area (TPSA) is 157 Å². The fraction of sp³-hybridized carbons (Fsp3) is 0.500. The minimum absolute atomic E-state index is 0.0394. The van der Waals surface area contributed by atoms with E-state index in [4.69, 9.17) is 21.6 Å². The highest BCUT2D eigenvalue weighted by atomic mass is 16.5. The summed E-state index contributed by atoms with van der Waals surface area (Å²) in [6.45, 7) is 2.73. The second-order valence-corrected chi connectivity index (χ2v) is 5.13. The van der Waals surface area contributed by atoms with Crippen LogP contribution >= 0.6 is 0 Å². The molecule has 0 radical (unpaired) electrons. The maximum atomic E-state index is 8.10. The van der Waals surface area contributed by atoms with Gasteiger partial charge < -0.3 is 21.5 Å².